The second-order valence-corrected chi connectivity index (χ2v) is 9.61. The van der Waals surface area contributed by atoms with E-state index in [2.05, 4.69) is 13.8 Å². The Kier molecular flexibility index (Phi) is 3.11. The maximum Gasteiger partial charge on any atom is 0.264 e. The van der Waals surface area contributed by atoms with E-state index in [0.29, 0.717) is 17.3 Å². The van der Waals surface area contributed by atoms with E-state index in [1.807, 2.05) is 0 Å². The Bertz CT molecular complexity index is 512. The van der Waals surface area contributed by atoms with Crippen molar-refractivity contribution in [1.82, 2.24) is 0 Å². The average Bonchev–Trinajstić information content (AvgIpc) is 2.63. The first-order valence-electron chi connectivity index (χ1n) is 7.67. The smallest absolute Gasteiger partial charge is 0.264 e. The van der Waals surface area contributed by atoms with Gasteiger partial charge >= 0.3 is 0 Å². The lowest BCUT2D eigenvalue weighted by Gasteiger charge is -2.65. The highest BCUT2D eigenvalue weighted by Gasteiger charge is 2.68. The third kappa shape index (κ3) is 1.97. The summed E-state index contributed by atoms with van der Waals surface area (Å²) in [6, 6.07) is 0. The van der Waals surface area contributed by atoms with Crippen LogP contribution >= 0.6 is 0 Å². The van der Waals surface area contributed by atoms with Gasteiger partial charge in [0.1, 0.15) is 0 Å². The van der Waals surface area contributed by atoms with E-state index in [4.69, 9.17) is 4.18 Å². The van der Waals surface area contributed by atoms with Gasteiger partial charge in [-0.25, -0.2) is 0 Å². The van der Waals surface area contributed by atoms with Gasteiger partial charge in [0, 0.05) is 5.41 Å². The zero-order valence-electron chi connectivity index (χ0n) is 12.7. The first kappa shape index (κ1) is 14.8. The fourth-order valence-electron chi connectivity index (χ4n) is 5.36. The SMILES string of the molecule is CC1(C)C[C@@H]2[C@H]1CC[C@@]1(COS(C)(=O)=O)CCC[C@@]21O. The monoisotopic (exact) mass is 302 g/mol. The van der Waals surface area contributed by atoms with Crippen LogP contribution in [0, 0.1) is 22.7 Å². The average molecular weight is 302 g/mol. The van der Waals surface area contributed by atoms with E-state index in [-0.39, 0.29) is 12.0 Å². The Morgan fingerprint density at radius 3 is 2.50 bits per heavy atom. The lowest BCUT2D eigenvalue weighted by atomic mass is 9.42. The molecule has 0 bridgehead atoms. The van der Waals surface area contributed by atoms with Crippen LogP contribution in [0.25, 0.3) is 0 Å². The molecule has 4 atom stereocenters. The highest BCUT2D eigenvalue weighted by atomic mass is 32.2. The molecule has 0 unspecified atom stereocenters. The fourth-order valence-corrected chi connectivity index (χ4v) is 5.80. The Labute approximate surface area is 122 Å². The van der Waals surface area contributed by atoms with Crippen molar-refractivity contribution < 1.29 is 17.7 Å². The first-order chi connectivity index (χ1) is 9.10. The summed E-state index contributed by atoms with van der Waals surface area (Å²) >= 11 is 0. The zero-order valence-corrected chi connectivity index (χ0v) is 13.5. The Morgan fingerprint density at radius 2 is 1.90 bits per heavy atom. The van der Waals surface area contributed by atoms with E-state index in [9.17, 15) is 13.5 Å². The molecule has 0 aromatic heterocycles. The second-order valence-electron chi connectivity index (χ2n) is 7.97. The summed E-state index contributed by atoms with van der Waals surface area (Å²) in [6.45, 7) is 4.73. The third-order valence-corrected chi connectivity index (χ3v) is 7.01. The molecule has 0 saturated heterocycles. The Morgan fingerprint density at radius 1 is 1.20 bits per heavy atom. The highest BCUT2D eigenvalue weighted by Crippen LogP contribution is 2.69. The number of fused-ring (bicyclic) bond motifs is 3. The van der Waals surface area contributed by atoms with Gasteiger partial charge in [0.25, 0.3) is 10.1 Å². The minimum Gasteiger partial charge on any atom is -0.389 e. The molecule has 3 saturated carbocycles. The summed E-state index contributed by atoms with van der Waals surface area (Å²) < 4.78 is 27.8. The molecule has 3 aliphatic carbocycles. The van der Waals surface area contributed by atoms with Crippen LogP contribution in [0.1, 0.15) is 52.4 Å². The number of rotatable bonds is 3. The van der Waals surface area contributed by atoms with Crippen molar-refractivity contribution in [3.05, 3.63) is 0 Å². The predicted molar refractivity (Wildman–Crippen MR) is 76.6 cm³/mol. The molecule has 1 N–H and O–H groups in total. The summed E-state index contributed by atoms with van der Waals surface area (Å²) in [7, 11) is -3.44. The van der Waals surface area contributed by atoms with Crippen molar-refractivity contribution in [1.29, 1.82) is 0 Å². The van der Waals surface area contributed by atoms with Crippen LogP contribution in [0.2, 0.25) is 0 Å². The summed E-state index contributed by atoms with van der Waals surface area (Å²) in [5.74, 6) is 0.911. The maximum atomic E-state index is 11.3. The topological polar surface area (TPSA) is 63.6 Å². The maximum absolute atomic E-state index is 11.3. The van der Waals surface area contributed by atoms with Gasteiger partial charge in [0.15, 0.2) is 0 Å². The molecule has 0 spiro atoms. The minimum absolute atomic E-state index is 0.159. The van der Waals surface area contributed by atoms with Gasteiger partial charge in [-0.2, -0.15) is 8.42 Å². The molecular weight excluding hydrogens is 276 g/mol. The summed E-state index contributed by atoms with van der Waals surface area (Å²) in [5, 5.41) is 11.3. The fraction of sp³-hybridized carbons (Fsp3) is 1.00. The lowest BCUT2D eigenvalue weighted by Crippen LogP contribution is -2.65. The van der Waals surface area contributed by atoms with Gasteiger partial charge in [-0.3, -0.25) is 4.18 Å². The molecule has 3 rings (SSSR count). The standard InChI is InChI=1S/C15H26O4S/c1-13(2)9-12-11(13)5-8-14(10-19-20(3,17)18)6-4-7-15(12,14)16/h11-12,16H,4-10H2,1-3H3/t11-,12-,14-,15-/m1/s1. The van der Waals surface area contributed by atoms with Crippen LogP contribution in [0.15, 0.2) is 0 Å². The molecule has 116 valence electrons. The summed E-state index contributed by atoms with van der Waals surface area (Å²) in [6.07, 6.45) is 6.80. The van der Waals surface area contributed by atoms with E-state index in [1.165, 1.54) is 0 Å². The van der Waals surface area contributed by atoms with E-state index >= 15 is 0 Å². The van der Waals surface area contributed by atoms with Crippen molar-refractivity contribution in [2.75, 3.05) is 12.9 Å². The predicted octanol–water partition coefficient (Wildman–Crippen LogP) is 2.32. The molecule has 3 aliphatic rings. The Hall–Kier alpha value is -0.130. The van der Waals surface area contributed by atoms with Gasteiger partial charge in [0.05, 0.1) is 18.5 Å². The molecule has 0 aromatic carbocycles. The van der Waals surface area contributed by atoms with Gasteiger partial charge in [0.2, 0.25) is 0 Å². The quantitative estimate of drug-likeness (QED) is 0.813. The number of aliphatic hydroxyl groups is 1. The van der Waals surface area contributed by atoms with Crippen molar-refractivity contribution in [2.24, 2.45) is 22.7 Å². The highest BCUT2D eigenvalue weighted by molar-refractivity contribution is 7.85. The van der Waals surface area contributed by atoms with Crippen LogP contribution in [-0.2, 0) is 14.3 Å². The first-order valence-corrected chi connectivity index (χ1v) is 9.48. The molecule has 4 nitrogen and oxygen atoms in total. The number of hydrogen-bond acceptors (Lipinski definition) is 4. The minimum atomic E-state index is -3.44. The van der Waals surface area contributed by atoms with Gasteiger partial charge in [-0.1, -0.05) is 13.8 Å². The van der Waals surface area contributed by atoms with Crippen LogP contribution in [0.4, 0.5) is 0 Å². The van der Waals surface area contributed by atoms with Crippen molar-refractivity contribution in [3.8, 4) is 0 Å². The van der Waals surface area contributed by atoms with Crippen molar-refractivity contribution in [3.63, 3.8) is 0 Å². The van der Waals surface area contributed by atoms with Crippen LogP contribution in [0.5, 0.6) is 0 Å². The lowest BCUT2D eigenvalue weighted by molar-refractivity contribution is -0.232. The third-order valence-electron chi connectivity index (χ3n) is 6.46. The van der Waals surface area contributed by atoms with Crippen molar-refractivity contribution >= 4 is 10.1 Å². The molecule has 5 heteroatoms. The molecule has 0 heterocycles. The molecule has 0 radical (unpaired) electrons. The van der Waals surface area contributed by atoms with Crippen LogP contribution in [-0.4, -0.2) is 32.0 Å². The Balaban J connectivity index is 1.85. The van der Waals surface area contributed by atoms with E-state index < -0.39 is 15.7 Å². The van der Waals surface area contributed by atoms with Gasteiger partial charge in [-0.05, 0) is 55.8 Å². The normalized spacial score (nSPS) is 46.4. The van der Waals surface area contributed by atoms with E-state index in [0.717, 1.165) is 44.8 Å². The summed E-state index contributed by atoms with van der Waals surface area (Å²) in [4.78, 5) is 0. The van der Waals surface area contributed by atoms with Crippen LogP contribution < -0.4 is 0 Å². The molecular formula is C15H26O4S. The molecule has 3 fully saturated rings. The molecule has 0 aliphatic heterocycles. The zero-order chi connectivity index (χ0) is 14.8. The molecule has 0 amide bonds. The molecule has 0 aromatic rings. The van der Waals surface area contributed by atoms with Gasteiger partial charge in [-0.15, -0.1) is 0 Å². The van der Waals surface area contributed by atoms with E-state index in [1.54, 1.807) is 0 Å². The van der Waals surface area contributed by atoms with Crippen molar-refractivity contribution in [2.45, 2.75) is 58.0 Å². The largest absolute Gasteiger partial charge is 0.389 e. The van der Waals surface area contributed by atoms with Crippen LogP contribution in [0.3, 0.4) is 0 Å². The number of hydrogen-bond donors (Lipinski definition) is 1. The summed E-state index contributed by atoms with van der Waals surface area (Å²) in [5.41, 5.74) is -0.725. The second kappa shape index (κ2) is 4.20. The molecule has 20 heavy (non-hydrogen) atoms. The van der Waals surface area contributed by atoms with Gasteiger partial charge < -0.3 is 5.11 Å².